The number of carbonyl (C=O) groups is 1. The maximum atomic E-state index is 13.0. The number of aromatic nitrogens is 2. The van der Waals surface area contributed by atoms with Crippen molar-refractivity contribution in [3.8, 4) is 11.5 Å². The van der Waals surface area contributed by atoms with Crippen LogP contribution in [0.5, 0.6) is 11.5 Å². The van der Waals surface area contributed by atoms with Crippen LogP contribution >= 0.6 is 0 Å². The van der Waals surface area contributed by atoms with Crippen molar-refractivity contribution in [2.24, 2.45) is 5.92 Å². The van der Waals surface area contributed by atoms with E-state index in [9.17, 15) is 4.79 Å². The van der Waals surface area contributed by atoms with Crippen molar-refractivity contribution >= 4 is 11.9 Å². The Labute approximate surface area is 163 Å². The Morgan fingerprint density at radius 2 is 1.96 bits per heavy atom. The third kappa shape index (κ3) is 3.15. The van der Waals surface area contributed by atoms with Gasteiger partial charge in [0.25, 0.3) is 0 Å². The van der Waals surface area contributed by atoms with Gasteiger partial charge in [-0.1, -0.05) is 18.9 Å². The van der Waals surface area contributed by atoms with E-state index in [1.165, 1.54) is 12.8 Å². The number of hydrogen-bond acceptors (Lipinski definition) is 7. The van der Waals surface area contributed by atoms with Crippen molar-refractivity contribution in [1.29, 1.82) is 0 Å². The van der Waals surface area contributed by atoms with Gasteiger partial charge in [0.05, 0.1) is 0 Å². The van der Waals surface area contributed by atoms with Crippen molar-refractivity contribution in [3.05, 3.63) is 42.2 Å². The summed E-state index contributed by atoms with van der Waals surface area (Å²) in [6.45, 7) is 0.445. The van der Waals surface area contributed by atoms with Gasteiger partial charge in [-0.05, 0) is 48.9 Å². The number of anilines is 1. The van der Waals surface area contributed by atoms with Crippen LogP contribution in [0.4, 0.5) is 5.95 Å². The molecular weight excluding hydrogens is 358 g/mol. The molecule has 1 saturated heterocycles. The molecule has 0 bridgehead atoms. The van der Waals surface area contributed by atoms with E-state index in [1.807, 2.05) is 18.2 Å². The lowest BCUT2D eigenvalue weighted by atomic mass is 9.85. The number of carbonyl (C=O) groups excluding carboxylic acids is 1. The van der Waals surface area contributed by atoms with E-state index in [4.69, 9.17) is 14.2 Å². The molecule has 7 nitrogen and oxygen atoms in total. The van der Waals surface area contributed by atoms with Crippen molar-refractivity contribution in [1.82, 2.24) is 9.97 Å². The highest BCUT2D eigenvalue weighted by atomic mass is 16.7. The fraction of sp³-hybridized carbons (Fsp3) is 0.476. The SMILES string of the molecule is O=C(OCc1ccc2c(c1)OCO2)[C@@H]1C[C@H]2CCCC[C@H]2N1c1ncccn1. The van der Waals surface area contributed by atoms with Gasteiger partial charge in [0, 0.05) is 18.4 Å². The van der Waals surface area contributed by atoms with E-state index < -0.39 is 0 Å². The van der Waals surface area contributed by atoms with Crippen LogP contribution in [0.15, 0.2) is 36.7 Å². The van der Waals surface area contributed by atoms with Gasteiger partial charge in [0.1, 0.15) is 12.6 Å². The summed E-state index contributed by atoms with van der Waals surface area (Å²) in [6.07, 6.45) is 8.91. The van der Waals surface area contributed by atoms with E-state index in [0.717, 1.165) is 30.6 Å². The average Bonchev–Trinajstić information content (AvgIpc) is 3.36. The lowest BCUT2D eigenvalue weighted by Crippen LogP contribution is -2.44. The van der Waals surface area contributed by atoms with Gasteiger partial charge >= 0.3 is 5.97 Å². The van der Waals surface area contributed by atoms with Gasteiger partial charge in [-0.15, -0.1) is 0 Å². The summed E-state index contributed by atoms with van der Waals surface area (Å²) < 4.78 is 16.4. The van der Waals surface area contributed by atoms with Crippen LogP contribution in [0.25, 0.3) is 0 Å². The summed E-state index contributed by atoms with van der Waals surface area (Å²) in [7, 11) is 0. The third-order valence-electron chi connectivity index (χ3n) is 5.96. The predicted molar refractivity (Wildman–Crippen MR) is 101 cm³/mol. The van der Waals surface area contributed by atoms with Crippen molar-refractivity contribution in [3.63, 3.8) is 0 Å². The highest BCUT2D eigenvalue weighted by Crippen LogP contribution is 2.41. The lowest BCUT2D eigenvalue weighted by molar-refractivity contribution is -0.146. The van der Waals surface area contributed by atoms with E-state index in [-0.39, 0.29) is 25.4 Å². The number of ether oxygens (including phenoxy) is 3. The Bertz CT molecular complexity index is 860. The number of hydrogen-bond donors (Lipinski definition) is 0. The quantitative estimate of drug-likeness (QED) is 0.754. The molecule has 1 aromatic heterocycles. The molecule has 2 aromatic rings. The molecule has 0 unspecified atom stereocenters. The average molecular weight is 381 g/mol. The van der Waals surface area contributed by atoms with Gasteiger partial charge in [0.2, 0.25) is 12.7 Å². The van der Waals surface area contributed by atoms with Gasteiger partial charge < -0.3 is 19.1 Å². The van der Waals surface area contributed by atoms with E-state index in [0.29, 0.717) is 23.7 Å². The number of fused-ring (bicyclic) bond motifs is 2. The van der Waals surface area contributed by atoms with Crippen molar-refractivity contribution in [2.75, 3.05) is 11.7 Å². The predicted octanol–water partition coefficient (Wildman–Crippen LogP) is 3.09. The van der Waals surface area contributed by atoms with Crippen LogP contribution in [0.2, 0.25) is 0 Å². The van der Waals surface area contributed by atoms with Crippen LogP contribution < -0.4 is 14.4 Å². The van der Waals surface area contributed by atoms with E-state index in [1.54, 1.807) is 18.5 Å². The molecule has 3 aliphatic rings. The minimum Gasteiger partial charge on any atom is -0.459 e. The van der Waals surface area contributed by atoms with Crippen LogP contribution in [0.3, 0.4) is 0 Å². The fourth-order valence-electron chi connectivity index (χ4n) is 4.66. The maximum Gasteiger partial charge on any atom is 0.329 e. The van der Waals surface area contributed by atoms with Crippen LogP contribution in [0.1, 0.15) is 37.7 Å². The summed E-state index contributed by atoms with van der Waals surface area (Å²) in [6, 6.07) is 7.39. The monoisotopic (exact) mass is 381 g/mol. The first kappa shape index (κ1) is 17.3. The fourth-order valence-corrected chi connectivity index (χ4v) is 4.66. The zero-order valence-electron chi connectivity index (χ0n) is 15.6. The second-order valence-electron chi connectivity index (χ2n) is 7.61. The van der Waals surface area contributed by atoms with Crippen LogP contribution in [0, 0.1) is 5.92 Å². The van der Waals surface area contributed by atoms with E-state index >= 15 is 0 Å². The molecule has 7 heteroatoms. The van der Waals surface area contributed by atoms with Crippen LogP contribution in [-0.4, -0.2) is 34.8 Å². The summed E-state index contributed by atoms with van der Waals surface area (Å²) in [5, 5.41) is 0. The molecule has 0 spiro atoms. The Morgan fingerprint density at radius 1 is 1.14 bits per heavy atom. The first-order valence-electron chi connectivity index (χ1n) is 9.90. The van der Waals surface area contributed by atoms with Gasteiger partial charge in [-0.2, -0.15) is 0 Å². The molecule has 1 aromatic carbocycles. The third-order valence-corrected chi connectivity index (χ3v) is 5.96. The number of benzene rings is 1. The maximum absolute atomic E-state index is 13.0. The molecule has 3 heterocycles. The molecule has 146 valence electrons. The summed E-state index contributed by atoms with van der Waals surface area (Å²) >= 11 is 0. The summed E-state index contributed by atoms with van der Waals surface area (Å²) in [4.78, 5) is 23.9. The normalized spacial score (nSPS) is 25.4. The van der Waals surface area contributed by atoms with Crippen molar-refractivity contribution in [2.45, 2.75) is 50.8 Å². The molecule has 28 heavy (non-hydrogen) atoms. The molecular formula is C21H23N3O4. The zero-order valence-corrected chi connectivity index (χ0v) is 15.6. The number of rotatable bonds is 4. The molecule has 1 saturated carbocycles. The molecule has 0 N–H and O–H groups in total. The topological polar surface area (TPSA) is 73.8 Å². The minimum absolute atomic E-state index is 0.209. The zero-order chi connectivity index (χ0) is 18.9. The molecule has 5 rings (SSSR count). The first-order chi connectivity index (χ1) is 13.8. The number of nitrogens with zero attached hydrogens (tertiary/aromatic N) is 3. The summed E-state index contributed by atoms with van der Waals surface area (Å²) in [5.41, 5.74) is 0.885. The Balaban J connectivity index is 1.32. The minimum atomic E-state index is -0.329. The molecule has 3 atom stereocenters. The highest BCUT2D eigenvalue weighted by Gasteiger charge is 2.47. The largest absolute Gasteiger partial charge is 0.459 e. The molecule has 2 fully saturated rings. The smallest absolute Gasteiger partial charge is 0.329 e. The lowest BCUT2D eigenvalue weighted by Gasteiger charge is -2.33. The second kappa shape index (κ2) is 7.30. The Morgan fingerprint density at radius 3 is 2.86 bits per heavy atom. The Hall–Kier alpha value is -2.83. The van der Waals surface area contributed by atoms with Gasteiger partial charge in [-0.25, -0.2) is 14.8 Å². The van der Waals surface area contributed by atoms with E-state index in [2.05, 4.69) is 14.9 Å². The molecule has 2 aliphatic heterocycles. The summed E-state index contributed by atoms with van der Waals surface area (Å²) in [5.74, 6) is 2.34. The van der Waals surface area contributed by atoms with Gasteiger partial charge in [-0.3, -0.25) is 0 Å². The number of esters is 1. The van der Waals surface area contributed by atoms with Crippen molar-refractivity contribution < 1.29 is 19.0 Å². The standard InChI is InChI=1S/C21H23N3O4/c25-20(26-12-14-6-7-18-19(10-14)28-13-27-18)17-11-15-4-1-2-5-16(15)24(17)21-22-8-3-9-23-21/h3,6-10,15-17H,1-2,4-5,11-13H2/t15-,16-,17+/m1/s1. The first-order valence-corrected chi connectivity index (χ1v) is 9.90. The van der Waals surface area contributed by atoms with Crippen LogP contribution in [-0.2, 0) is 16.1 Å². The molecule has 0 radical (unpaired) electrons. The molecule has 1 aliphatic carbocycles. The Kier molecular flexibility index (Phi) is 4.50. The van der Waals surface area contributed by atoms with Gasteiger partial charge in [0.15, 0.2) is 11.5 Å². The highest BCUT2D eigenvalue weighted by molar-refractivity contribution is 5.80. The second-order valence-corrected chi connectivity index (χ2v) is 7.61. The molecule has 0 amide bonds.